The van der Waals surface area contributed by atoms with Gasteiger partial charge in [0.25, 0.3) is 0 Å². The van der Waals surface area contributed by atoms with E-state index in [2.05, 4.69) is 22.5 Å². The van der Waals surface area contributed by atoms with Crippen LogP contribution in [0.1, 0.15) is 39.0 Å². The van der Waals surface area contributed by atoms with Crippen molar-refractivity contribution in [2.24, 2.45) is 10.4 Å². The maximum absolute atomic E-state index is 9.00. The van der Waals surface area contributed by atoms with E-state index in [4.69, 9.17) is 14.8 Å². The SMILES string of the molecule is CCNC(=NCC1(CN2CCOCC2)CCCCC1)NCCO.I. The molecule has 0 unspecified atom stereocenters. The van der Waals surface area contributed by atoms with Crippen LogP contribution >= 0.6 is 24.0 Å². The van der Waals surface area contributed by atoms with Crippen LogP contribution in [0.25, 0.3) is 0 Å². The van der Waals surface area contributed by atoms with Gasteiger partial charge in [-0.15, -0.1) is 24.0 Å². The van der Waals surface area contributed by atoms with Gasteiger partial charge in [-0.25, -0.2) is 0 Å². The number of guanidine groups is 1. The van der Waals surface area contributed by atoms with E-state index in [1.165, 1.54) is 32.1 Å². The quantitative estimate of drug-likeness (QED) is 0.309. The molecule has 0 bridgehead atoms. The van der Waals surface area contributed by atoms with E-state index in [1.54, 1.807) is 0 Å². The lowest BCUT2D eigenvalue weighted by atomic mass is 9.73. The first kappa shape index (κ1) is 21.9. The molecular formula is C17H35IN4O2. The highest BCUT2D eigenvalue weighted by Crippen LogP contribution is 2.37. The lowest BCUT2D eigenvalue weighted by Gasteiger charge is -2.41. The molecule has 1 saturated carbocycles. The maximum Gasteiger partial charge on any atom is 0.191 e. The van der Waals surface area contributed by atoms with Crippen molar-refractivity contribution in [3.8, 4) is 0 Å². The average Bonchev–Trinajstić information content (AvgIpc) is 2.59. The van der Waals surface area contributed by atoms with Crippen LogP contribution in [0.5, 0.6) is 0 Å². The van der Waals surface area contributed by atoms with Crippen molar-refractivity contribution in [2.75, 3.05) is 59.1 Å². The topological polar surface area (TPSA) is 69.1 Å². The molecular weight excluding hydrogens is 419 g/mol. The van der Waals surface area contributed by atoms with E-state index in [1.807, 2.05) is 0 Å². The van der Waals surface area contributed by atoms with Gasteiger partial charge in [-0.2, -0.15) is 0 Å². The summed E-state index contributed by atoms with van der Waals surface area (Å²) in [5.74, 6) is 0.827. The molecule has 3 N–H and O–H groups in total. The Hall–Kier alpha value is -0.120. The molecule has 0 aromatic rings. The van der Waals surface area contributed by atoms with Crippen LogP contribution < -0.4 is 10.6 Å². The van der Waals surface area contributed by atoms with E-state index < -0.39 is 0 Å². The van der Waals surface area contributed by atoms with Crippen LogP contribution in [0.2, 0.25) is 0 Å². The molecule has 0 aromatic carbocycles. The molecule has 0 aromatic heterocycles. The fourth-order valence-electron chi connectivity index (χ4n) is 3.66. The minimum atomic E-state index is 0. The third kappa shape index (κ3) is 7.41. The number of hydrogen-bond donors (Lipinski definition) is 3. The number of aliphatic imine (C=N–C) groups is 1. The fraction of sp³-hybridized carbons (Fsp3) is 0.941. The number of aliphatic hydroxyl groups is 1. The number of nitrogens with one attached hydrogen (secondary N) is 2. The van der Waals surface area contributed by atoms with E-state index in [-0.39, 0.29) is 30.6 Å². The molecule has 2 aliphatic rings. The zero-order valence-electron chi connectivity index (χ0n) is 15.1. The highest BCUT2D eigenvalue weighted by molar-refractivity contribution is 14.0. The first-order valence-electron chi connectivity index (χ1n) is 9.21. The third-order valence-electron chi connectivity index (χ3n) is 4.90. The van der Waals surface area contributed by atoms with Crippen LogP contribution in [-0.2, 0) is 4.74 Å². The predicted octanol–water partition coefficient (Wildman–Crippen LogP) is 1.43. The summed E-state index contributed by atoms with van der Waals surface area (Å²) < 4.78 is 5.48. The van der Waals surface area contributed by atoms with Gasteiger partial charge in [0.05, 0.1) is 19.8 Å². The largest absolute Gasteiger partial charge is 0.395 e. The molecule has 0 spiro atoms. The summed E-state index contributed by atoms with van der Waals surface area (Å²) in [5, 5.41) is 15.5. The van der Waals surface area contributed by atoms with Crippen molar-refractivity contribution in [2.45, 2.75) is 39.0 Å². The number of morpholine rings is 1. The molecule has 0 radical (unpaired) electrons. The molecule has 1 saturated heterocycles. The highest BCUT2D eigenvalue weighted by Gasteiger charge is 2.34. The Labute approximate surface area is 163 Å². The molecule has 2 rings (SSSR count). The normalized spacial score (nSPS) is 21.8. The van der Waals surface area contributed by atoms with E-state index in [0.29, 0.717) is 12.0 Å². The van der Waals surface area contributed by atoms with Crippen molar-refractivity contribution >= 4 is 29.9 Å². The van der Waals surface area contributed by atoms with Gasteiger partial charge in [0.1, 0.15) is 0 Å². The van der Waals surface area contributed by atoms with E-state index >= 15 is 0 Å². The number of halogens is 1. The third-order valence-corrected chi connectivity index (χ3v) is 4.90. The second-order valence-electron chi connectivity index (χ2n) is 6.79. The molecule has 142 valence electrons. The predicted molar refractivity (Wildman–Crippen MR) is 109 cm³/mol. The Balaban J connectivity index is 0.00000288. The summed E-state index contributed by atoms with van der Waals surface area (Å²) in [6, 6.07) is 0. The van der Waals surface area contributed by atoms with Crippen molar-refractivity contribution in [1.29, 1.82) is 0 Å². The molecule has 1 aliphatic heterocycles. The van der Waals surface area contributed by atoms with Gasteiger partial charge in [-0.3, -0.25) is 9.89 Å². The van der Waals surface area contributed by atoms with Crippen LogP contribution in [0, 0.1) is 5.41 Å². The molecule has 0 atom stereocenters. The van der Waals surface area contributed by atoms with Crippen molar-refractivity contribution in [3.63, 3.8) is 0 Å². The summed E-state index contributed by atoms with van der Waals surface area (Å²) in [5.41, 5.74) is 0.303. The van der Waals surface area contributed by atoms with Crippen LogP contribution in [0.4, 0.5) is 0 Å². The van der Waals surface area contributed by atoms with Crippen LogP contribution in [0.15, 0.2) is 4.99 Å². The Morgan fingerprint density at radius 1 is 1.17 bits per heavy atom. The number of aliphatic hydroxyl groups excluding tert-OH is 1. The van der Waals surface area contributed by atoms with Gasteiger partial charge in [0, 0.05) is 44.7 Å². The number of hydrogen-bond acceptors (Lipinski definition) is 4. The standard InChI is InChI=1S/C17H34N4O2.HI/c1-2-18-16(19-8-11-22)20-14-17(6-4-3-5-7-17)15-21-9-12-23-13-10-21;/h22H,2-15H2,1H3,(H2,18,19,20);1H. The molecule has 6 nitrogen and oxygen atoms in total. The highest BCUT2D eigenvalue weighted by atomic mass is 127. The minimum Gasteiger partial charge on any atom is -0.395 e. The molecule has 1 heterocycles. The van der Waals surface area contributed by atoms with Crippen molar-refractivity contribution < 1.29 is 9.84 Å². The lowest BCUT2D eigenvalue weighted by Crippen LogP contribution is -2.46. The molecule has 1 aliphatic carbocycles. The first-order valence-corrected chi connectivity index (χ1v) is 9.21. The average molecular weight is 454 g/mol. The minimum absolute atomic E-state index is 0. The molecule has 24 heavy (non-hydrogen) atoms. The lowest BCUT2D eigenvalue weighted by molar-refractivity contribution is 0.00937. The zero-order valence-corrected chi connectivity index (χ0v) is 17.4. The second-order valence-corrected chi connectivity index (χ2v) is 6.79. The molecule has 0 amide bonds. The van der Waals surface area contributed by atoms with Crippen LogP contribution in [0.3, 0.4) is 0 Å². The zero-order chi connectivity index (χ0) is 16.4. The Morgan fingerprint density at radius 2 is 1.88 bits per heavy atom. The number of nitrogens with zero attached hydrogens (tertiary/aromatic N) is 2. The maximum atomic E-state index is 9.00. The van der Waals surface area contributed by atoms with E-state index in [9.17, 15) is 0 Å². The Bertz CT molecular complexity index is 356. The number of rotatable bonds is 7. The Morgan fingerprint density at radius 3 is 2.50 bits per heavy atom. The summed E-state index contributed by atoms with van der Waals surface area (Å²) in [6.07, 6.45) is 6.54. The van der Waals surface area contributed by atoms with Crippen molar-refractivity contribution in [3.05, 3.63) is 0 Å². The van der Waals surface area contributed by atoms with Gasteiger partial charge < -0.3 is 20.5 Å². The first-order chi connectivity index (χ1) is 11.3. The van der Waals surface area contributed by atoms with Gasteiger partial charge in [0.15, 0.2) is 5.96 Å². The van der Waals surface area contributed by atoms with Crippen molar-refractivity contribution in [1.82, 2.24) is 15.5 Å². The second kappa shape index (κ2) is 12.3. The summed E-state index contributed by atoms with van der Waals surface area (Å²) >= 11 is 0. The van der Waals surface area contributed by atoms with E-state index in [0.717, 1.165) is 51.9 Å². The monoisotopic (exact) mass is 454 g/mol. The summed E-state index contributed by atoms with van der Waals surface area (Å²) in [7, 11) is 0. The number of ether oxygens (including phenoxy) is 1. The molecule has 2 fully saturated rings. The van der Waals surface area contributed by atoms with Crippen LogP contribution in [-0.4, -0.2) is 75.1 Å². The Kier molecular flexibility index (Phi) is 11.2. The molecule has 7 heteroatoms. The van der Waals surface area contributed by atoms with Gasteiger partial charge in [-0.1, -0.05) is 19.3 Å². The summed E-state index contributed by atoms with van der Waals surface area (Å²) in [4.78, 5) is 7.39. The van der Waals surface area contributed by atoms with Gasteiger partial charge in [-0.05, 0) is 19.8 Å². The summed E-state index contributed by atoms with van der Waals surface area (Å²) in [6.45, 7) is 9.41. The smallest absolute Gasteiger partial charge is 0.191 e. The van der Waals surface area contributed by atoms with Gasteiger partial charge in [0.2, 0.25) is 0 Å². The fourth-order valence-corrected chi connectivity index (χ4v) is 3.66. The van der Waals surface area contributed by atoms with Gasteiger partial charge >= 0.3 is 0 Å².